The molecule has 0 aromatic carbocycles. The number of hydrogen-bond donors (Lipinski definition) is 0. The molecule has 0 heterocycles. The van der Waals surface area contributed by atoms with Gasteiger partial charge in [-0.2, -0.15) is 47.0 Å². The van der Waals surface area contributed by atoms with E-state index in [0.717, 1.165) is 0 Å². The van der Waals surface area contributed by atoms with Crippen LogP contribution in [0, 0.1) is 0 Å². The van der Waals surface area contributed by atoms with Crippen LogP contribution in [0.5, 0.6) is 0 Å². The molecule has 4 atom stereocenters. The van der Waals surface area contributed by atoms with Crippen LogP contribution in [0.4, 0.5) is 0 Å². The molecule has 0 aliphatic heterocycles. The van der Waals surface area contributed by atoms with Gasteiger partial charge in [-0.3, -0.25) is 63.5 Å². The first-order chi connectivity index (χ1) is 27.4. The molecule has 0 rings (SSSR count). The second kappa shape index (κ2) is 59.6. The molecule has 0 aromatic heterocycles. The molecular weight excluding hydrogens is 922 g/mol. The van der Waals surface area contributed by atoms with Gasteiger partial charge in [-0.1, -0.05) is 0 Å². The number of rotatable bonds is 40. The summed E-state index contributed by atoms with van der Waals surface area (Å²) in [6.45, 7) is 2.60. The summed E-state index contributed by atoms with van der Waals surface area (Å²) < 4.78 is 36.4. The van der Waals surface area contributed by atoms with Crippen molar-refractivity contribution in [1.29, 1.82) is 0 Å². The molecule has 1 radical (unpaired) electrons. The van der Waals surface area contributed by atoms with Crippen molar-refractivity contribution >= 4 is 124 Å². The van der Waals surface area contributed by atoms with E-state index < -0.39 is 24.4 Å². The molecule has 4 unspecified atom stereocenters. The van der Waals surface area contributed by atoms with Crippen molar-refractivity contribution in [2.24, 2.45) is 0 Å². The SMILES string of the molecule is O=[C-]CCSCC(COC=O)OC=O.O=[C-]CCSCC(COC=O)OC=O.O=[C-]CCSCC(COC=O)OC=O.O=[C-]CCSCC(COC=O)OC=O.[Y]. The Morgan fingerprint density at radius 2 is 0.544 bits per heavy atom. The quantitative estimate of drug-likeness (QED) is 0.0331. The zero-order chi connectivity index (χ0) is 42.6. The average molecular weight is 966 g/mol. The first-order valence-corrected chi connectivity index (χ1v) is 20.3. The molecule has 0 spiro atoms. The average Bonchev–Trinajstić information content (AvgIpc) is 3.21. The third-order valence-electron chi connectivity index (χ3n) is 5.00. The summed E-state index contributed by atoms with van der Waals surface area (Å²) in [5.41, 5.74) is 0. The Balaban J connectivity index is -0.000000210. The fourth-order valence-corrected chi connectivity index (χ4v) is 6.05. The predicted molar refractivity (Wildman–Crippen MR) is 202 cm³/mol. The zero-order valence-electron chi connectivity index (χ0n) is 30.6. The summed E-state index contributed by atoms with van der Waals surface area (Å²) in [6.07, 6.45) is 6.55. The standard InChI is InChI=1S/4C8H11O5S.Y/c4*9-2-1-3-14-5-8(13-7-11)4-12-6-10;/h4*6-8H,1,3-5H2;/q4*-1;. The van der Waals surface area contributed by atoms with Crippen LogP contribution in [0.1, 0.15) is 25.7 Å². The van der Waals surface area contributed by atoms with Gasteiger partial charge in [0.05, 0.1) is 0 Å². The van der Waals surface area contributed by atoms with Gasteiger partial charge in [-0.25, -0.2) is 0 Å². The van der Waals surface area contributed by atoms with Crippen molar-refractivity contribution in [3.63, 3.8) is 0 Å². The summed E-state index contributed by atoms with van der Waals surface area (Å²) in [6, 6.07) is 0. The predicted octanol–water partition coefficient (Wildman–Crippen LogP) is -0.266. The summed E-state index contributed by atoms with van der Waals surface area (Å²) in [5, 5.41) is 0. The molecule has 323 valence electrons. The topological polar surface area (TPSA) is 279 Å². The Bertz CT molecular complexity index is 852. The maximum Gasteiger partial charge on any atom is 0.293 e. The molecule has 0 amide bonds. The van der Waals surface area contributed by atoms with Crippen LogP contribution >= 0.6 is 47.0 Å². The maximum absolute atomic E-state index is 10.0. The minimum absolute atomic E-state index is 0. The summed E-state index contributed by atoms with van der Waals surface area (Å²) in [5.74, 6) is 4.43. The molecule has 0 saturated heterocycles. The number of carbonyl (C=O) groups is 8. The third kappa shape index (κ3) is 57.4. The second-order valence-corrected chi connectivity index (χ2v) is 13.6. The van der Waals surface area contributed by atoms with Gasteiger partial charge < -0.3 is 57.1 Å². The summed E-state index contributed by atoms with van der Waals surface area (Å²) in [4.78, 5) is 119. The van der Waals surface area contributed by atoms with Crippen LogP contribution in [0.15, 0.2) is 0 Å². The van der Waals surface area contributed by atoms with E-state index in [1.165, 1.54) is 47.0 Å². The number of carbonyl (C=O) groups excluding carboxylic acids is 12. The van der Waals surface area contributed by atoms with Gasteiger partial charge in [0.2, 0.25) is 0 Å². The fraction of sp³-hybridized carbons (Fsp3) is 0.625. The van der Waals surface area contributed by atoms with E-state index >= 15 is 0 Å². The summed E-state index contributed by atoms with van der Waals surface area (Å²) >= 11 is 5.74. The Labute approximate surface area is 372 Å². The van der Waals surface area contributed by atoms with E-state index in [1.807, 2.05) is 0 Å². The van der Waals surface area contributed by atoms with Gasteiger partial charge in [-0.15, -0.1) is 25.7 Å². The van der Waals surface area contributed by atoms with Crippen LogP contribution in [0.25, 0.3) is 0 Å². The summed E-state index contributed by atoms with van der Waals surface area (Å²) in [7, 11) is 0. The molecule has 0 aliphatic carbocycles. The van der Waals surface area contributed by atoms with E-state index in [9.17, 15) is 57.5 Å². The molecule has 0 aromatic rings. The van der Waals surface area contributed by atoms with E-state index in [0.29, 0.717) is 123 Å². The zero-order valence-corrected chi connectivity index (χ0v) is 36.7. The first kappa shape index (κ1) is 63.1. The Kier molecular flexibility index (Phi) is 66.0. The monoisotopic (exact) mass is 965 g/mol. The minimum atomic E-state index is -0.450. The van der Waals surface area contributed by atoms with Crippen LogP contribution in [0.3, 0.4) is 0 Å². The van der Waals surface area contributed by atoms with Crippen molar-refractivity contribution < 1.29 is 128 Å². The van der Waals surface area contributed by atoms with Gasteiger partial charge in [0.15, 0.2) is 0 Å². The maximum atomic E-state index is 10.0. The van der Waals surface area contributed by atoms with Crippen LogP contribution < -0.4 is 0 Å². The van der Waals surface area contributed by atoms with E-state index in [-0.39, 0.29) is 59.1 Å². The van der Waals surface area contributed by atoms with Gasteiger partial charge in [0.1, 0.15) is 50.8 Å². The van der Waals surface area contributed by atoms with E-state index in [1.54, 1.807) is 25.1 Å². The molecule has 0 fully saturated rings. The van der Waals surface area contributed by atoms with Crippen LogP contribution in [0.2, 0.25) is 0 Å². The Hall–Kier alpha value is -3.06. The molecule has 0 saturated carbocycles. The fourth-order valence-electron chi connectivity index (χ4n) is 2.72. The molecule has 0 N–H and O–H groups in total. The molecule has 25 heteroatoms. The molecular formula is C32H44O20S4Y-4. The van der Waals surface area contributed by atoms with Crippen molar-refractivity contribution in [2.75, 3.05) is 72.5 Å². The number of thioether (sulfide) groups is 4. The second-order valence-electron chi connectivity index (χ2n) is 9.01. The van der Waals surface area contributed by atoms with Crippen molar-refractivity contribution in [2.45, 2.75) is 50.1 Å². The molecule has 0 aliphatic rings. The van der Waals surface area contributed by atoms with Crippen molar-refractivity contribution in [3.05, 3.63) is 0 Å². The van der Waals surface area contributed by atoms with Gasteiger partial charge in [0, 0.05) is 55.7 Å². The normalized spacial score (nSPS) is 11.2. The van der Waals surface area contributed by atoms with Crippen LogP contribution in [-0.2, 0) is 128 Å². The van der Waals surface area contributed by atoms with E-state index in [4.69, 9.17) is 0 Å². The Morgan fingerprint density at radius 1 is 0.351 bits per heavy atom. The van der Waals surface area contributed by atoms with Crippen LogP contribution in [-0.4, -0.2) is 174 Å². The molecule has 0 bridgehead atoms. The van der Waals surface area contributed by atoms with Gasteiger partial charge in [0.25, 0.3) is 51.8 Å². The van der Waals surface area contributed by atoms with Crippen molar-refractivity contribution in [3.8, 4) is 0 Å². The molecule has 20 nitrogen and oxygen atoms in total. The molecule has 57 heavy (non-hydrogen) atoms. The number of hydrogen-bond acceptors (Lipinski definition) is 24. The smallest absolute Gasteiger partial charge is 0.293 e. The van der Waals surface area contributed by atoms with Gasteiger partial charge >= 0.3 is 0 Å². The number of ether oxygens (including phenoxy) is 8. The van der Waals surface area contributed by atoms with Crippen molar-refractivity contribution in [1.82, 2.24) is 0 Å². The Morgan fingerprint density at radius 3 is 0.684 bits per heavy atom. The third-order valence-corrected chi connectivity index (χ3v) is 9.40. The largest absolute Gasteiger partial charge is 0.542 e. The van der Waals surface area contributed by atoms with E-state index in [2.05, 4.69) is 37.9 Å². The first-order valence-electron chi connectivity index (χ1n) is 15.7. The minimum Gasteiger partial charge on any atom is -0.542 e. The van der Waals surface area contributed by atoms with Gasteiger partial charge in [-0.05, 0) is 23.0 Å².